The van der Waals surface area contributed by atoms with Gasteiger partial charge in [-0.25, -0.2) is 28.2 Å². The highest BCUT2D eigenvalue weighted by molar-refractivity contribution is 5.85. The summed E-state index contributed by atoms with van der Waals surface area (Å²) in [4.78, 5) is 33.5. The normalized spacial score (nSPS) is 11.9. The molecule has 11 heteroatoms. The molecule has 0 spiro atoms. The lowest BCUT2D eigenvalue weighted by Gasteiger charge is -2.02. The number of nitrogens with zero attached hydrogens (tertiary/aromatic N) is 4. The standard InChI is InChI=1S/C20H18FN7O2.ClH/c21-9-15(10-22)11-28-20(30)27(12-24-28)18-8-14(5-6-23-18)2-1-13-3-4-16-17(7-13)26-19(29)25-16;/h1-9,12H,10-11,22H2,(H2,25,26,29);1H/b2-1+,15-9+;. The molecule has 0 saturated heterocycles. The number of benzene rings is 1. The second-order valence-electron chi connectivity index (χ2n) is 6.58. The summed E-state index contributed by atoms with van der Waals surface area (Å²) in [5.74, 6) is 0.386. The average Bonchev–Trinajstić information content (AvgIpc) is 3.31. The zero-order chi connectivity index (χ0) is 21.1. The maximum atomic E-state index is 12.7. The van der Waals surface area contributed by atoms with Crippen molar-refractivity contribution in [2.24, 2.45) is 5.73 Å². The number of pyridine rings is 1. The molecule has 0 amide bonds. The van der Waals surface area contributed by atoms with Gasteiger partial charge in [-0.05, 0) is 41.0 Å². The molecule has 0 atom stereocenters. The summed E-state index contributed by atoms with van der Waals surface area (Å²) in [6.07, 6.45) is 7.05. The number of hydrogen-bond acceptors (Lipinski definition) is 5. The zero-order valence-electron chi connectivity index (χ0n) is 16.2. The van der Waals surface area contributed by atoms with E-state index < -0.39 is 5.69 Å². The average molecular weight is 444 g/mol. The fourth-order valence-electron chi connectivity index (χ4n) is 2.95. The van der Waals surface area contributed by atoms with Crippen LogP contribution in [0.2, 0.25) is 0 Å². The highest BCUT2D eigenvalue weighted by Crippen LogP contribution is 2.14. The van der Waals surface area contributed by atoms with Gasteiger partial charge in [0.05, 0.1) is 23.9 Å². The van der Waals surface area contributed by atoms with E-state index in [4.69, 9.17) is 5.73 Å². The number of hydrogen-bond donors (Lipinski definition) is 3. The van der Waals surface area contributed by atoms with Crippen LogP contribution in [-0.4, -0.2) is 35.8 Å². The lowest BCUT2D eigenvalue weighted by molar-refractivity contribution is 0.612. The number of imidazole rings is 1. The monoisotopic (exact) mass is 443 g/mol. The van der Waals surface area contributed by atoms with E-state index in [0.717, 1.165) is 26.8 Å². The number of halogens is 2. The Kier molecular flexibility index (Phi) is 6.63. The number of rotatable bonds is 6. The second kappa shape index (κ2) is 9.37. The van der Waals surface area contributed by atoms with Crippen LogP contribution in [-0.2, 0) is 6.54 Å². The van der Waals surface area contributed by atoms with Gasteiger partial charge in [0.25, 0.3) is 0 Å². The molecular formula is C20H19ClFN7O2. The number of H-pyrrole nitrogens is 2. The third-order valence-corrected chi connectivity index (χ3v) is 4.53. The van der Waals surface area contributed by atoms with Crippen LogP contribution in [0.3, 0.4) is 0 Å². The third kappa shape index (κ3) is 4.71. The number of fused-ring (bicyclic) bond motifs is 1. The molecule has 3 heterocycles. The van der Waals surface area contributed by atoms with Crippen molar-refractivity contribution in [1.82, 2.24) is 29.3 Å². The first-order valence-electron chi connectivity index (χ1n) is 9.06. The van der Waals surface area contributed by atoms with Crippen molar-refractivity contribution in [2.45, 2.75) is 6.54 Å². The van der Waals surface area contributed by atoms with Gasteiger partial charge in [0.1, 0.15) is 12.1 Å². The first-order valence-corrected chi connectivity index (χ1v) is 9.06. The lowest BCUT2D eigenvalue weighted by atomic mass is 10.1. The zero-order valence-corrected chi connectivity index (χ0v) is 17.0. The SMILES string of the molecule is Cl.NC/C(=C\F)Cn1ncn(-c2cc(/C=C/c3ccc4[nH]c(=O)[nH]c4c3)ccn2)c1=O. The van der Waals surface area contributed by atoms with Crippen molar-refractivity contribution in [3.05, 3.63) is 86.9 Å². The molecule has 4 aromatic rings. The van der Waals surface area contributed by atoms with E-state index >= 15 is 0 Å². The Morgan fingerprint density at radius 3 is 2.58 bits per heavy atom. The van der Waals surface area contributed by atoms with Crippen LogP contribution in [0.5, 0.6) is 0 Å². The van der Waals surface area contributed by atoms with Gasteiger partial charge in [-0.1, -0.05) is 18.2 Å². The number of aromatic amines is 2. The second-order valence-corrected chi connectivity index (χ2v) is 6.58. The highest BCUT2D eigenvalue weighted by atomic mass is 35.5. The predicted molar refractivity (Wildman–Crippen MR) is 119 cm³/mol. The van der Waals surface area contributed by atoms with E-state index in [-0.39, 0.29) is 36.8 Å². The summed E-state index contributed by atoms with van der Waals surface area (Å²) < 4.78 is 15.1. The lowest BCUT2D eigenvalue weighted by Crippen LogP contribution is -2.26. The fraction of sp³-hybridized carbons (Fsp3) is 0.100. The van der Waals surface area contributed by atoms with Crippen molar-refractivity contribution in [2.75, 3.05) is 6.54 Å². The molecule has 0 saturated carbocycles. The summed E-state index contributed by atoms with van der Waals surface area (Å²) in [5, 5.41) is 4.00. The minimum atomic E-state index is -0.446. The van der Waals surface area contributed by atoms with Gasteiger partial charge >= 0.3 is 11.4 Å². The minimum absolute atomic E-state index is 0. The smallest absolute Gasteiger partial charge is 0.327 e. The molecule has 0 bridgehead atoms. The molecule has 0 aliphatic rings. The fourth-order valence-corrected chi connectivity index (χ4v) is 2.95. The Morgan fingerprint density at radius 1 is 1.10 bits per heavy atom. The van der Waals surface area contributed by atoms with E-state index in [9.17, 15) is 14.0 Å². The van der Waals surface area contributed by atoms with E-state index in [2.05, 4.69) is 20.1 Å². The van der Waals surface area contributed by atoms with Crippen LogP contribution < -0.4 is 17.1 Å². The van der Waals surface area contributed by atoms with E-state index in [1.807, 2.05) is 30.4 Å². The highest BCUT2D eigenvalue weighted by Gasteiger charge is 2.09. The van der Waals surface area contributed by atoms with Gasteiger partial charge < -0.3 is 15.7 Å². The molecule has 160 valence electrons. The van der Waals surface area contributed by atoms with Crippen molar-refractivity contribution in [3.8, 4) is 5.82 Å². The molecule has 0 aliphatic heterocycles. The molecule has 3 aromatic heterocycles. The molecule has 4 rings (SSSR count). The maximum absolute atomic E-state index is 12.7. The van der Waals surface area contributed by atoms with Crippen LogP contribution in [0.15, 0.2) is 64.3 Å². The molecule has 31 heavy (non-hydrogen) atoms. The Morgan fingerprint density at radius 2 is 1.84 bits per heavy atom. The topological polar surface area (TPSA) is 127 Å². The summed E-state index contributed by atoms with van der Waals surface area (Å²) in [5.41, 5.74) is 8.16. The van der Waals surface area contributed by atoms with Crippen molar-refractivity contribution >= 4 is 35.6 Å². The Balaban J connectivity index is 0.00000272. The van der Waals surface area contributed by atoms with Gasteiger partial charge in [-0.2, -0.15) is 5.10 Å². The third-order valence-electron chi connectivity index (χ3n) is 4.53. The molecule has 0 aliphatic carbocycles. The molecule has 1 aromatic carbocycles. The van der Waals surface area contributed by atoms with Crippen LogP contribution in [0.25, 0.3) is 29.0 Å². The van der Waals surface area contributed by atoms with Crippen molar-refractivity contribution in [3.63, 3.8) is 0 Å². The van der Waals surface area contributed by atoms with Gasteiger partial charge in [-0.3, -0.25) is 0 Å². The molecule has 0 unspecified atom stereocenters. The largest absolute Gasteiger partial charge is 0.351 e. The van der Waals surface area contributed by atoms with Crippen LogP contribution in [0.1, 0.15) is 11.1 Å². The Labute approximate surface area is 181 Å². The first kappa shape index (κ1) is 21.9. The number of aromatic nitrogens is 6. The summed E-state index contributed by atoms with van der Waals surface area (Å²) in [7, 11) is 0. The van der Waals surface area contributed by atoms with Gasteiger partial charge in [0.15, 0.2) is 0 Å². The van der Waals surface area contributed by atoms with Gasteiger partial charge in [-0.15, -0.1) is 12.4 Å². The molecule has 0 radical (unpaired) electrons. The quantitative estimate of drug-likeness (QED) is 0.420. The number of nitrogens with two attached hydrogens (primary N) is 1. The van der Waals surface area contributed by atoms with E-state index in [1.54, 1.807) is 18.3 Å². The van der Waals surface area contributed by atoms with E-state index in [1.165, 1.54) is 10.9 Å². The first-order chi connectivity index (χ1) is 14.6. The minimum Gasteiger partial charge on any atom is -0.327 e. The molecule has 0 fully saturated rings. The van der Waals surface area contributed by atoms with Gasteiger partial charge in [0.2, 0.25) is 0 Å². The number of nitrogens with one attached hydrogen (secondary N) is 2. The Hall–Kier alpha value is -3.76. The Bertz CT molecular complexity index is 1380. The van der Waals surface area contributed by atoms with Crippen LogP contribution in [0, 0.1) is 0 Å². The van der Waals surface area contributed by atoms with Crippen LogP contribution >= 0.6 is 12.4 Å². The van der Waals surface area contributed by atoms with E-state index in [0.29, 0.717) is 12.1 Å². The van der Waals surface area contributed by atoms with Crippen molar-refractivity contribution < 1.29 is 4.39 Å². The van der Waals surface area contributed by atoms with Crippen LogP contribution in [0.4, 0.5) is 4.39 Å². The molecule has 4 N–H and O–H groups in total. The molecule has 9 nitrogen and oxygen atoms in total. The maximum Gasteiger partial charge on any atom is 0.351 e. The summed E-state index contributed by atoms with van der Waals surface area (Å²) in [6, 6.07) is 9.08. The molecular weight excluding hydrogens is 425 g/mol. The summed E-state index contributed by atoms with van der Waals surface area (Å²) in [6.45, 7) is -0.0289. The summed E-state index contributed by atoms with van der Waals surface area (Å²) >= 11 is 0. The van der Waals surface area contributed by atoms with Gasteiger partial charge in [0, 0.05) is 12.7 Å². The predicted octanol–water partition coefficient (Wildman–Crippen LogP) is 2.00. The van der Waals surface area contributed by atoms with Crippen molar-refractivity contribution in [1.29, 1.82) is 0 Å².